The Morgan fingerprint density at radius 3 is 1.40 bits per heavy atom. The summed E-state index contributed by atoms with van der Waals surface area (Å²) in [6.45, 7) is 0. The van der Waals surface area contributed by atoms with E-state index in [1.807, 2.05) is 0 Å². The van der Waals surface area contributed by atoms with E-state index < -0.39 is 16.2 Å². The molecule has 0 rings (SSSR count). The van der Waals surface area contributed by atoms with Gasteiger partial charge in [0.15, 0.2) is 0 Å². The van der Waals surface area contributed by atoms with Crippen molar-refractivity contribution in [2.75, 3.05) is 0 Å². The second-order valence-electron chi connectivity index (χ2n) is 0.0745. The van der Waals surface area contributed by atoms with Gasteiger partial charge in [0, 0.05) is 0 Å². The van der Waals surface area contributed by atoms with E-state index in [4.69, 9.17) is 17.2 Å². The maximum absolute atomic E-state index is 8.50. The molecule has 0 saturated heterocycles. The molecule has 0 aliphatic rings. The van der Waals surface area contributed by atoms with Crippen LogP contribution in [0.5, 0.6) is 0 Å². The SMILES string of the molecule is OF.[O]=[V]=[O]. The molecule has 0 aromatic heterocycles. The molecular formula is HFO3V. The molecule has 1 N–H and O–H groups in total. The number of hydrogen-bond donors (Lipinski definition) is 1. The Labute approximate surface area is 34.2 Å². The summed E-state index contributed by atoms with van der Waals surface area (Å²) in [6.07, 6.45) is 0. The molecule has 3 nitrogen and oxygen atoms in total. The van der Waals surface area contributed by atoms with Crippen molar-refractivity contribution in [2.24, 2.45) is 0 Å². The van der Waals surface area contributed by atoms with Crippen LogP contribution in [0.2, 0.25) is 0 Å². The van der Waals surface area contributed by atoms with Gasteiger partial charge in [-0.15, -0.1) is 0 Å². The first-order valence-corrected chi connectivity index (χ1v) is 1.67. The molecule has 0 fully saturated rings. The quantitative estimate of drug-likeness (QED) is 0.473. The molecule has 5 heteroatoms. The monoisotopic (exact) mass is 119 g/mol. The molecule has 0 aliphatic heterocycles. The molecule has 0 unspecified atom stereocenters. The van der Waals surface area contributed by atoms with E-state index in [1.165, 1.54) is 0 Å². The van der Waals surface area contributed by atoms with Crippen LogP contribution in [-0.4, -0.2) is 5.31 Å². The Morgan fingerprint density at radius 1 is 1.40 bits per heavy atom. The Kier molecular flexibility index (Phi) is 59.5. The number of hydrogen-bond acceptors (Lipinski definition) is 3. The summed E-state index contributed by atoms with van der Waals surface area (Å²) < 4.78 is 25.4. The van der Waals surface area contributed by atoms with Crippen LogP contribution in [0.25, 0.3) is 0 Å². The topological polar surface area (TPSA) is 54.4 Å². The van der Waals surface area contributed by atoms with Gasteiger partial charge in [0.1, 0.15) is 0 Å². The van der Waals surface area contributed by atoms with Crippen molar-refractivity contribution in [1.82, 2.24) is 0 Å². The van der Waals surface area contributed by atoms with Crippen molar-refractivity contribution in [3.63, 3.8) is 0 Å². The molecular weight excluding hydrogens is 118 g/mol. The minimum atomic E-state index is -1.81. The van der Waals surface area contributed by atoms with Crippen molar-refractivity contribution < 1.29 is 33.4 Å². The predicted molar refractivity (Wildman–Crippen MR) is 4.70 cm³/mol. The van der Waals surface area contributed by atoms with Crippen LogP contribution in [0.1, 0.15) is 0 Å². The van der Waals surface area contributed by atoms with Crippen LogP contribution in [-0.2, 0) is 23.5 Å². The standard InChI is InChI=1S/FHO.2O.V/c1-2;;;/h2H;;;. The molecule has 31 valence electrons. The summed E-state index contributed by atoms with van der Waals surface area (Å²) in [7, 11) is 0. The fraction of sp³-hybridized carbons (Fsp3) is 0. The maximum atomic E-state index is 8.50. The first-order chi connectivity index (χ1) is 2.41. The van der Waals surface area contributed by atoms with Crippen LogP contribution < -0.4 is 0 Å². The van der Waals surface area contributed by atoms with E-state index in [9.17, 15) is 0 Å². The minimum absolute atomic E-state index is 1.81. The Hall–Kier alpha value is 0.0744. The number of rotatable bonds is 0. The van der Waals surface area contributed by atoms with E-state index in [-0.39, 0.29) is 0 Å². The molecule has 0 heterocycles. The molecule has 0 saturated carbocycles. The normalized spacial score (nSPS) is 2.80. The van der Waals surface area contributed by atoms with Gasteiger partial charge in [0.05, 0.1) is 0 Å². The zero-order valence-corrected chi connectivity index (χ0v) is 3.49. The number of halogens is 1. The van der Waals surface area contributed by atoms with Gasteiger partial charge in [0.25, 0.3) is 0 Å². The molecule has 0 aromatic rings. The van der Waals surface area contributed by atoms with Crippen molar-refractivity contribution in [3.8, 4) is 0 Å². The predicted octanol–water partition coefficient (Wildman–Crippen LogP) is -0.377. The average Bonchev–Trinajstić information content (AvgIpc) is 1.46. The third-order valence-electron chi connectivity index (χ3n) is 0. The van der Waals surface area contributed by atoms with Gasteiger partial charge in [-0.05, 0) is 0 Å². The van der Waals surface area contributed by atoms with E-state index in [0.717, 1.165) is 0 Å². The summed E-state index contributed by atoms with van der Waals surface area (Å²) >= 11 is -1.81. The molecule has 5 heavy (non-hydrogen) atoms. The third kappa shape index (κ3) is 3170. The van der Waals surface area contributed by atoms with E-state index in [0.29, 0.717) is 0 Å². The van der Waals surface area contributed by atoms with E-state index >= 15 is 0 Å². The third-order valence-corrected chi connectivity index (χ3v) is 0. The van der Waals surface area contributed by atoms with Gasteiger partial charge in [-0.3, -0.25) is 0 Å². The molecule has 0 amide bonds. The first-order valence-electron chi connectivity index (χ1n) is 0.534. The summed E-state index contributed by atoms with van der Waals surface area (Å²) in [4.78, 5) is 0. The van der Waals surface area contributed by atoms with Gasteiger partial charge in [0.2, 0.25) is 0 Å². The Balaban J connectivity index is 0. The molecule has 0 bridgehead atoms. The Bertz CT molecular complexity index is 27.9. The first kappa shape index (κ1) is 8.91. The van der Waals surface area contributed by atoms with Gasteiger partial charge < -0.3 is 0 Å². The van der Waals surface area contributed by atoms with Crippen LogP contribution in [0.15, 0.2) is 0 Å². The van der Waals surface area contributed by atoms with Crippen molar-refractivity contribution in [2.45, 2.75) is 0 Å². The molecule has 0 radical (unpaired) electrons. The Morgan fingerprint density at radius 2 is 1.40 bits per heavy atom. The second kappa shape index (κ2) is 33.4. The molecule has 0 aromatic carbocycles. The molecule has 0 spiro atoms. The molecule has 0 atom stereocenters. The summed E-state index contributed by atoms with van der Waals surface area (Å²) in [5.41, 5.74) is 0. The second-order valence-corrected chi connectivity index (χ2v) is 0.307. The van der Waals surface area contributed by atoms with Gasteiger partial charge >= 0.3 is 23.5 Å². The van der Waals surface area contributed by atoms with Gasteiger partial charge in [-0.1, -0.05) is 4.53 Å². The van der Waals surface area contributed by atoms with Crippen molar-refractivity contribution >= 4 is 0 Å². The van der Waals surface area contributed by atoms with Gasteiger partial charge in [-0.2, -0.15) is 0 Å². The van der Waals surface area contributed by atoms with Crippen LogP contribution >= 0.6 is 0 Å². The average molecular weight is 119 g/mol. The van der Waals surface area contributed by atoms with Crippen LogP contribution in [0, 0.1) is 0 Å². The zero-order chi connectivity index (χ0) is 4.71. The van der Waals surface area contributed by atoms with Gasteiger partial charge in [-0.25, -0.2) is 5.31 Å². The summed E-state index contributed by atoms with van der Waals surface area (Å²) in [5.74, 6) is 0. The van der Waals surface area contributed by atoms with Crippen LogP contribution in [0.3, 0.4) is 0 Å². The van der Waals surface area contributed by atoms with Crippen molar-refractivity contribution in [1.29, 1.82) is 0 Å². The zero-order valence-electron chi connectivity index (χ0n) is 2.09. The van der Waals surface area contributed by atoms with Crippen molar-refractivity contribution in [3.05, 3.63) is 0 Å². The van der Waals surface area contributed by atoms with E-state index in [1.54, 1.807) is 0 Å². The fourth-order valence-corrected chi connectivity index (χ4v) is 0. The molecule has 0 aliphatic carbocycles. The van der Waals surface area contributed by atoms with Crippen LogP contribution in [0.4, 0.5) is 4.53 Å². The summed E-state index contributed by atoms with van der Waals surface area (Å²) in [6, 6.07) is 0. The van der Waals surface area contributed by atoms with E-state index in [2.05, 4.69) is 0 Å². The fourth-order valence-electron chi connectivity index (χ4n) is 0. The summed E-state index contributed by atoms with van der Waals surface area (Å²) in [5, 5.41) is 5.50.